The van der Waals surface area contributed by atoms with E-state index in [0.717, 1.165) is 47.9 Å². The first kappa shape index (κ1) is 27.1. The number of piperidine rings is 1. The number of pyridine rings is 1. The second kappa shape index (κ2) is 10.7. The molecule has 1 saturated carbocycles. The van der Waals surface area contributed by atoms with Gasteiger partial charge in [-0.15, -0.1) is 0 Å². The predicted octanol–water partition coefficient (Wildman–Crippen LogP) is 6.51. The average Bonchev–Trinajstić information content (AvgIpc) is 2.70. The van der Waals surface area contributed by atoms with E-state index in [9.17, 15) is 9.59 Å². The van der Waals surface area contributed by atoms with Crippen LogP contribution in [0.15, 0.2) is 10.7 Å². The molecular formula is C27H41BrN2O4. The molecule has 1 saturated heterocycles. The minimum atomic E-state index is -1.05. The largest absolute Gasteiger partial charge is 0.461 e. The molecule has 1 aliphatic heterocycles. The lowest BCUT2D eigenvalue weighted by atomic mass is 9.65. The van der Waals surface area contributed by atoms with E-state index in [1.54, 1.807) is 20.0 Å². The quantitative estimate of drug-likeness (QED) is 0.278. The molecule has 3 rings (SSSR count). The monoisotopic (exact) mass is 536 g/mol. The second-order valence-electron chi connectivity index (χ2n) is 11.9. The van der Waals surface area contributed by atoms with Crippen LogP contribution >= 0.6 is 15.9 Å². The van der Waals surface area contributed by atoms with Crippen molar-refractivity contribution in [3.05, 3.63) is 21.9 Å². The van der Waals surface area contributed by atoms with Crippen LogP contribution in [-0.4, -0.2) is 42.0 Å². The van der Waals surface area contributed by atoms with Gasteiger partial charge in [0.15, 0.2) is 12.4 Å². The Hall–Kier alpha value is -1.47. The van der Waals surface area contributed by atoms with Crippen molar-refractivity contribution in [3.8, 4) is 0 Å². The summed E-state index contributed by atoms with van der Waals surface area (Å²) >= 11 is 3.66. The van der Waals surface area contributed by atoms with E-state index < -0.39 is 17.7 Å². The van der Waals surface area contributed by atoms with Gasteiger partial charge in [-0.05, 0) is 99.9 Å². The maximum atomic E-state index is 13.2. The van der Waals surface area contributed by atoms with Gasteiger partial charge in [0, 0.05) is 24.8 Å². The third-order valence-corrected chi connectivity index (χ3v) is 7.61. The van der Waals surface area contributed by atoms with Crippen molar-refractivity contribution in [2.24, 2.45) is 17.3 Å². The lowest BCUT2D eigenvalue weighted by Gasteiger charge is -2.46. The van der Waals surface area contributed by atoms with E-state index in [1.807, 2.05) is 20.8 Å². The Morgan fingerprint density at radius 3 is 2.41 bits per heavy atom. The fraction of sp³-hybridized carbons (Fsp3) is 0.741. The number of carbonyl (C=O) groups is 2. The number of rotatable bonds is 8. The molecule has 7 heteroatoms. The summed E-state index contributed by atoms with van der Waals surface area (Å²) in [6.45, 7) is 15.8. The summed E-state index contributed by atoms with van der Waals surface area (Å²) in [6, 6.07) is 0. The number of hydrogen-bond donors (Lipinski definition) is 0. The van der Waals surface area contributed by atoms with Crippen molar-refractivity contribution in [1.82, 2.24) is 4.98 Å². The van der Waals surface area contributed by atoms with E-state index in [4.69, 9.17) is 9.47 Å². The van der Waals surface area contributed by atoms with Crippen LogP contribution in [0.3, 0.4) is 0 Å². The second-order valence-corrected chi connectivity index (χ2v) is 12.8. The van der Waals surface area contributed by atoms with Crippen LogP contribution in [-0.2, 0) is 14.3 Å². The lowest BCUT2D eigenvalue weighted by Crippen LogP contribution is -2.42. The highest BCUT2D eigenvalue weighted by Crippen LogP contribution is 2.47. The fourth-order valence-corrected chi connectivity index (χ4v) is 6.03. The molecular weight excluding hydrogens is 496 g/mol. The Balaban J connectivity index is 1.93. The van der Waals surface area contributed by atoms with Crippen LogP contribution in [0.1, 0.15) is 103 Å². The number of esters is 1. The topological polar surface area (TPSA) is 68.7 Å². The molecule has 1 aromatic rings. The molecule has 0 radical (unpaired) electrons. The number of halogens is 1. The number of aromatic nitrogens is 1. The highest BCUT2D eigenvalue weighted by Gasteiger charge is 2.40. The Labute approximate surface area is 213 Å². The summed E-state index contributed by atoms with van der Waals surface area (Å²) in [5.74, 6) is 1.22. The molecule has 2 fully saturated rings. The third-order valence-electron chi connectivity index (χ3n) is 7.03. The van der Waals surface area contributed by atoms with Crippen molar-refractivity contribution >= 4 is 33.9 Å². The van der Waals surface area contributed by atoms with Gasteiger partial charge in [-0.25, -0.2) is 4.79 Å². The molecule has 2 heterocycles. The van der Waals surface area contributed by atoms with Gasteiger partial charge >= 0.3 is 5.97 Å². The van der Waals surface area contributed by atoms with Gasteiger partial charge in [-0.3, -0.25) is 9.78 Å². The molecule has 0 aromatic carbocycles. The van der Waals surface area contributed by atoms with E-state index in [1.165, 1.54) is 19.3 Å². The number of nitrogens with zero attached hydrogens (tertiary/aromatic N) is 2. The first-order valence-corrected chi connectivity index (χ1v) is 13.4. The maximum absolute atomic E-state index is 13.2. The van der Waals surface area contributed by atoms with Gasteiger partial charge in [0.2, 0.25) is 0 Å². The molecule has 0 spiro atoms. The molecule has 1 aliphatic carbocycles. The molecule has 34 heavy (non-hydrogen) atoms. The summed E-state index contributed by atoms with van der Waals surface area (Å²) in [7, 11) is 0. The smallest absolute Gasteiger partial charge is 0.340 e. The molecule has 0 unspecified atom stereocenters. The van der Waals surface area contributed by atoms with Gasteiger partial charge in [0.05, 0.1) is 21.9 Å². The fourth-order valence-electron chi connectivity index (χ4n) is 5.46. The van der Waals surface area contributed by atoms with Crippen molar-refractivity contribution in [3.63, 3.8) is 0 Å². The first-order valence-electron chi connectivity index (χ1n) is 12.6. The molecule has 1 aromatic heterocycles. The molecule has 190 valence electrons. The SMILES string of the molecule is CC1CC(CC2(C)CCN(c3c(Br)cnc(C=O)c3[C@H](OC(C)(C)C)C(=O)OC(C)C)CC2)C1. The van der Waals surface area contributed by atoms with Crippen LogP contribution in [0.5, 0.6) is 0 Å². The Morgan fingerprint density at radius 1 is 1.29 bits per heavy atom. The third kappa shape index (κ3) is 6.60. The van der Waals surface area contributed by atoms with Gasteiger partial charge in [0.1, 0.15) is 5.69 Å². The Kier molecular flexibility index (Phi) is 8.50. The zero-order valence-corrected chi connectivity index (χ0v) is 23.4. The van der Waals surface area contributed by atoms with E-state index >= 15 is 0 Å². The lowest BCUT2D eigenvalue weighted by molar-refractivity contribution is -0.171. The summed E-state index contributed by atoms with van der Waals surface area (Å²) in [4.78, 5) is 31.9. The van der Waals surface area contributed by atoms with Gasteiger partial charge < -0.3 is 14.4 Å². The summed E-state index contributed by atoms with van der Waals surface area (Å²) in [5.41, 5.74) is 1.21. The molecule has 0 N–H and O–H groups in total. The normalized spacial score (nSPS) is 23.4. The van der Waals surface area contributed by atoms with Crippen molar-refractivity contribution in [2.45, 2.75) is 98.4 Å². The molecule has 0 bridgehead atoms. The number of anilines is 1. The number of hydrogen-bond acceptors (Lipinski definition) is 6. The average molecular weight is 538 g/mol. The number of carbonyl (C=O) groups excluding carboxylic acids is 2. The minimum absolute atomic E-state index is 0.213. The maximum Gasteiger partial charge on any atom is 0.340 e. The number of ether oxygens (including phenoxy) is 2. The van der Waals surface area contributed by atoms with Gasteiger partial charge in [0.25, 0.3) is 0 Å². The van der Waals surface area contributed by atoms with E-state index in [2.05, 4.69) is 39.7 Å². The Morgan fingerprint density at radius 2 is 1.91 bits per heavy atom. The zero-order chi connectivity index (χ0) is 25.3. The Bertz CT molecular complexity index is 881. The summed E-state index contributed by atoms with van der Waals surface area (Å²) in [6.07, 6.45) is 7.14. The van der Waals surface area contributed by atoms with E-state index in [-0.39, 0.29) is 11.8 Å². The zero-order valence-electron chi connectivity index (χ0n) is 21.8. The molecule has 0 amide bonds. The van der Waals surface area contributed by atoms with Gasteiger partial charge in [-0.2, -0.15) is 0 Å². The molecule has 2 aliphatic rings. The van der Waals surface area contributed by atoms with E-state index in [0.29, 0.717) is 17.3 Å². The van der Waals surface area contributed by atoms with Crippen LogP contribution < -0.4 is 4.90 Å². The number of aldehydes is 1. The molecule has 6 nitrogen and oxygen atoms in total. The highest BCUT2D eigenvalue weighted by atomic mass is 79.9. The van der Waals surface area contributed by atoms with Crippen molar-refractivity contribution in [2.75, 3.05) is 18.0 Å². The van der Waals surface area contributed by atoms with Crippen molar-refractivity contribution < 1.29 is 19.1 Å². The predicted molar refractivity (Wildman–Crippen MR) is 138 cm³/mol. The van der Waals surface area contributed by atoms with Crippen molar-refractivity contribution in [1.29, 1.82) is 0 Å². The van der Waals surface area contributed by atoms with Crippen LogP contribution in [0.25, 0.3) is 0 Å². The van der Waals surface area contributed by atoms with Crippen LogP contribution in [0.4, 0.5) is 5.69 Å². The van der Waals surface area contributed by atoms with Crippen LogP contribution in [0, 0.1) is 17.3 Å². The first-order chi connectivity index (χ1) is 15.8. The minimum Gasteiger partial charge on any atom is -0.461 e. The highest BCUT2D eigenvalue weighted by molar-refractivity contribution is 9.10. The summed E-state index contributed by atoms with van der Waals surface area (Å²) in [5, 5.41) is 0. The van der Waals surface area contributed by atoms with Crippen LogP contribution in [0.2, 0.25) is 0 Å². The van der Waals surface area contributed by atoms with Gasteiger partial charge in [-0.1, -0.05) is 13.8 Å². The molecule has 1 atom stereocenters. The summed E-state index contributed by atoms with van der Waals surface area (Å²) < 4.78 is 12.5. The standard InChI is InChI=1S/C27H41BrN2O4/c1-17(2)33-25(32)24(34-26(4,5)6)22-21(16-31)29-15-20(28)23(22)30-10-8-27(7,9-11-30)14-19-12-18(3)13-19/h15-19,24H,8-14H2,1-7H3/t18?,19?,24-/m0/s1.